The van der Waals surface area contributed by atoms with Gasteiger partial charge in [0.15, 0.2) is 0 Å². The number of carbonyl (C=O) groups is 3. The Labute approximate surface area is 211 Å². The van der Waals surface area contributed by atoms with Crippen molar-refractivity contribution in [1.82, 2.24) is 9.80 Å². The quantitative estimate of drug-likeness (QED) is 0.501. The molecule has 0 aliphatic carbocycles. The van der Waals surface area contributed by atoms with Crippen LogP contribution in [-0.4, -0.2) is 87.6 Å². The van der Waals surface area contributed by atoms with Crippen molar-refractivity contribution in [2.45, 2.75) is 65.7 Å². The minimum Gasteiger partial charge on any atom is -0.444 e. The molecule has 0 aromatic heterocycles. The first kappa shape index (κ1) is 32.7. The summed E-state index contributed by atoms with van der Waals surface area (Å²) in [6, 6.07) is 9.63. The van der Waals surface area contributed by atoms with Gasteiger partial charge in [-0.15, -0.1) is 0 Å². The van der Waals surface area contributed by atoms with E-state index in [0.29, 0.717) is 32.7 Å². The Morgan fingerprint density at radius 2 is 1.63 bits per heavy atom. The van der Waals surface area contributed by atoms with Crippen LogP contribution in [0.25, 0.3) is 0 Å². The van der Waals surface area contributed by atoms with Gasteiger partial charge in [-0.1, -0.05) is 44.2 Å². The van der Waals surface area contributed by atoms with Gasteiger partial charge in [0.2, 0.25) is 0 Å². The number of carbonyl (C=O) groups excluding carboxylic acids is 3. The van der Waals surface area contributed by atoms with Gasteiger partial charge in [0, 0.05) is 47.4 Å². The molecule has 1 unspecified atom stereocenters. The molecule has 2 rings (SSSR count). The van der Waals surface area contributed by atoms with Crippen molar-refractivity contribution in [3.05, 3.63) is 35.9 Å². The van der Waals surface area contributed by atoms with Crippen molar-refractivity contribution in [3.8, 4) is 0 Å². The zero-order valence-corrected chi connectivity index (χ0v) is 22.9. The van der Waals surface area contributed by atoms with Gasteiger partial charge in [-0.05, 0) is 44.7 Å². The monoisotopic (exact) mass is 494 g/mol. The minimum absolute atomic E-state index is 0.0409. The van der Waals surface area contributed by atoms with Crippen LogP contribution in [0.2, 0.25) is 0 Å². The third-order valence-corrected chi connectivity index (χ3v) is 5.18. The number of amides is 1. The highest BCUT2D eigenvalue weighted by atomic mass is 16.6. The molecule has 0 saturated carbocycles. The molecule has 0 bridgehead atoms. The summed E-state index contributed by atoms with van der Waals surface area (Å²) < 4.78 is 14.5. The summed E-state index contributed by atoms with van der Waals surface area (Å²) in [4.78, 5) is 37.9. The normalized spacial score (nSPS) is 16.2. The highest BCUT2D eigenvalue weighted by molar-refractivity contribution is 5.74. The number of methoxy groups -OCH3 is 2. The molecule has 1 aromatic rings. The average Bonchev–Trinajstić information content (AvgIpc) is 2.78. The molecule has 1 aliphatic rings. The molecule has 0 spiro atoms. The Kier molecular flexibility index (Phi) is 16.1. The van der Waals surface area contributed by atoms with Gasteiger partial charge in [-0.3, -0.25) is 9.80 Å². The molecule has 35 heavy (non-hydrogen) atoms. The molecule has 1 atom stereocenters. The minimum atomic E-state index is -0.569. The highest BCUT2D eigenvalue weighted by Crippen LogP contribution is 2.24. The lowest BCUT2D eigenvalue weighted by molar-refractivity contribution is -0.114. The molecule has 8 nitrogen and oxygen atoms in total. The average molecular weight is 495 g/mol. The van der Waals surface area contributed by atoms with Gasteiger partial charge in [0.05, 0.1) is 6.61 Å². The summed E-state index contributed by atoms with van der Waals surface area (Å²) in [5.41, 5.74) is 0.612. The lowest BCUT2D eigenvalue weighted by Gasteiger charge is -2.40. The fraction of sp³-hybridized carbons (Fsp3) is 0.667. The zero-order chi connectivity index (χ0) is 26.9. The number of hydrogen-bond acceptors (Lipinski definition) is 7. The molecule has 0 N–H and O–H groups in total. The number of aldehydes is 2. The summed E-state index contributed by atoms with van der Waals surface area (Å²) in [6.07, 6.45) is 2.74. The topological polar surface area (TPSA) is 85.4 Å². The number of ether oxygens (including phenoxy) is 3. The van der Waals surface area contributed by atoms with E-state index in [1.54, 1.807) is 21.3 Å². The van der Waals surface area contributed by atoms with Crippen LogP contribution in [0.3, 0.4) is 0 Å². The van der Waals surface area contributed by atoms with E-state index in [4.69, 9.17) is 9.47 Å². The third-order valence-electron chi connectivity index (χ3n) is 5.18. The Morgan fingerprint density at radius 3 is 2.11 bits per heavy atom. The number of benzene rings is 1. The molecular weight excluding hydrogens is 448 g/mol. The first-order valence-corrected chi connectivity index (χ1v) is 12.0. The molecule has 8 heteroatoms. The summed E-state index contributed by atoms with van der Waals surface area (Å²) in [5.74, 6) is 0. The van der Waals surface area contributed by atoms with Crippen LogP contribution in [0.5, 0.6) is 0 Å². The summed E-state index contributed by atoms with van der Waals surface area (Å²) in [6.45, 7) is 12.8. The first-order chi connectivity index (χ1) is 16.4. The Bertz CT molecular complexity index is 718. The summed E-state index contributed by atoms with van der Waals surface area (Å²) >= 11 is 0. The maximum atomic E-state index is 12.2. The summed E-state index contributed by atoms with van der Waals surface area (Å²) in [7, 11) is 4.95. The number of hydrogen-bond donors (Lipinski definition) is 0. The van der Waals surface area contributed by atoms with Gasteiger partial charge < -0.3 is 23.8 Å². The maximum absolute atomic E-state index is 12.2. The fourth-order valence-corrected chi connectivity index (χ4v) is 3.27. The van der Waals surface area contributed by atoms with Crippen LogP contribution < -0.4 is 0 Å². The van der Waals surface area contributed by atoms with Crippen molar-refractivity contribution in [2.75, 3.05) is 47.5 Å². The second kappa shape index (κ2) is 17.2. The molecule has 1 fully saturated rings. The largest absolute Gasteiger partial charge is 0.444 e. The third kappa shape index (κ3) is 15.3. The van der Waals surface area contributed by atoms with E-state index in [-0.39, 0.29) is 5.41 Å². The lowest BCUT2D eigenvalue weighted by Crippen LogP contribution is -2.57. The first-order valence-electron chi connectivity index (χ1n) is 12.0. The van der Waals surface area contributed by atoms with E-state index >= 15 is 0 Å². The molecule has 1 heterocycles. The van der Waals surface area contributed by atoms with Gasteiger partial charge in [-0.2, -0.15) is 0 Å². The SMILES string of the molecule is CC(C)(CC=O)CCN1CCN(C(=O)OC(C)(C)C)C(C=O)C1.COC.COCc1ccccc1. The Balaban J connectivity index is 0.000000791. The van der Waals surface area contributed by atoms with E-state index in [1.165, 1.54) is 10.5 Å². The van der Waals surface area contributed by atoms with Crippen molar-refractivity contribution in [1.29, 1.82) is 0 Å². The second-order valence-electron chi connectivity index (χ2n) is 10.3. The molecule has 1 saturated heterocycles. The second-order valence-corrected chi connectivity index (χ2v) is 10.3. The zero-order valence-electron chi connectivity index (χ0n) is 22.9. The molecule has 200 valence electrons. The molecular formula is C27H46N2O6. The van der Waals surface area contributed by atoms with Gasteiger partial charge >= 0.3 is 6.09 Å². The van der Waals surface area contributed by atoms with Crippen molar-refractivity contribution in [2.24, 2.45) is 5.41 Å². The molecule has 1 aromatic carbocycles. The Morgan fingerprint density at radius 1 is 1.03 bits per heavy atom. The van der Waals surface area contributed by atoms with Crippen molar-refractivity contribution < 1.29 is 28.6 Å². The number of rotatable bonds is 8. The molecule has 0 radical (unpaired) electrons. The van der Waals surface area contributed by atoms with Gasteiger partial charge in [-0.25, -0.2) is 4.79 Å². The number of nitrogens with zero attached hydrogens (tertiary/aromatic N) is 2. The van der Waals surface area contributed by atoms with Crippen LogP contribution in [0.4, 0.5) is 4.79 Å². The smallest absolute Gasteiger partial charge is 0.410 e. The molecule has 1 aliphatic heterocycles. The van der Waals surface area contributed by atoms with Crippen LogP contribution in [0.1, 0.15) is 53.0 Å². The predicted octanol–water partition coefficient (Wildman–Crippen LogP) is 4.21. The van der Waals surface area contributed by atoms with E-state index in [1.807, 2.05) is 51.1 Å². The number of piperazine rings is 1. The van der Waals surface area contributed by atoms with Gasteiger partial charge in [0.25, 0.3) is 0 Å². The highest BCUT2D eigenvalue weighted by Gasteiger charge is 2.33. The van der Waals surface area contributed by atoms with E-state index in [2.05, 4.69) is 23.5 Å². The van der Waals surface area contributed by atoms with Crippen molar-refractivity contribution >= 4 is 18.7 Å². The van der Waals surface area contributed by atoms with E-state index < -0.39 is 17.7 Å². The Hall–Kier alpha value is -2.29. The van der Waals surface area contributed by atoms with Gasteiger partial charge in [0.1, 0.15) is 24.2 Å². The van der Waals surface area contributed by atoms with Crippen LogP contribution >= 0.6 is 0 Å². The fourth-order valence-electron chi connectivity index (χ4n) is 3.27. The van der Waals surface area contributed by atoms with E-state index in [0.717, 1.165) is 25.5 Å². The van der Waals surface area contributed by atoms with Crippen molar-refractivity contribution in [3.63, 3.8) is 0 Å². The summed E-state index contributed by atoms with van der Waals surface area (Å²) in [5, 5.41) is 0. The predicted molar refractivity (Wildman–Crippen MR) is 138 cm³/mol. The van der Waals surface area contributed by atoms with Crippen LogP contribution in [-0.2, 0) is 30.4 Å². The van der Waals surface area contributed by atoms with E-state index in [9.17, 15) is 14.4 Å². The maximum Gasteiger partial charge on any atom is 0.410 e. The van der Waals surface area contributed by atoms with Crippen LogP contribution in [0.15, 0.2) is 30.3 Å². The van der Waals surface area contributed by atoms with Crippen LogP contribution in [0, 0.1) is 5.41 Å². The molecule has 1 amide bonds. The standard InChI is InChI=1S/C17H30N2O4.C8H10O.C2H6O/c1-16(2,3)23-15(22)19-10-9-18(12-14(19)13-21)8-6-17(4,5)7-11-20;1-9-7-8-5-3-2-4-6-8;1-3-2/h11,13-14H,6-10,12H2,1-5H3;2-6H,7H2,1H3;1-2H3. The lowest BCUT2D eigenvalue weighted by atomic mass is 9.86.